The fourth-order valence-electron chi connectivity index (χ4n) is 3.74. The highest BCUT2D eigenvalue weighted by molar-refractivity contribution is 5.88. The highest BCUT2D eigenvalue weighted by Gasteiger charge is 2.37. The summed E-state index contributed by atoms with van der Waals surface area (Å²) < 4.78 is 1.88. The van der Waals surface area contributed by atoms with E-state index in [0.29, 0.717) is 11.9 Å². The third-order valence-electron chi connectivity index (χ3n) is 4.91. The van der Waals surface area contributed by atoms with Gasteiger partial charge in [0.05, 0.1) is 6.54 Å². The number of nitrogens with zero attached hydrogens (tertiary/aromatic N) is 4. The molecule has 22 heavy (non-hydrogen) atoms. The standard InChI is InChI=1S/C16H27N5O/c1-19(2)11-12-20-10-8-15(18-20)17-16(22)21-9-4-6-13-5-3-7-14(13)21/h8,10,13-14H,3-7,9,11-12H2,1-2H3,(H,17,18,22). The smallest absolute Gasteiger partial charge is 0.321 e. The average Bonchev–Trinajstić information content (AvgIpc) is 3.13. The Balaban J connectivity index is 1.57. The summed E-state index contributed by atoms with van der Waals surface area (Å²) in [4.78, 5) is 16.7. The van der Waals surface area contributed by atoms with Gasteiger partial charge in [-0.3, -0.25) is 10.00 Å². The normalized spacial score (nSPS) is 24.6. The van der Waals surface area contributed by atoms with Crippen molar-refractivity contribution in [2.24, 2.45) is 5.92 Å². The summed E-state index contributed by atoms with van der Waals surface area (Å²) in [5.41, 5.74) is 0. The predicted octanol–water partition coefficient (Wildman–Crippen LogP) is 2.24. The van der Waals surface area contributed by atoms with E-state index in [0.717, 1.165) is 38.4 Å². The summed E-state index contributed by atoms with van der Waals surface area (Å²) in [7, 11) is 4.08. The van der Waals surface area contributed by atoms with Crippen LogP contribution in [0.15, 0.2) is 12.3 Å². The molecule has 0 radical (unpaired) electrons. The van der Waals surface area contributed by atoms with Gasteiger partial charge in [0, 0.05) is 31.4 Å². The molecule has 1 saturated carbocycles. The van der Waals surface area contributed by atoms with E-state index in [2.05, 4.69) is 15.3 Å². The Hall–Kier alpha value is -1.56. The largest absolute Gasteiger partial charge is 0.323 e. The Labute approximate surface area is 132 Å². The number of hydrogen-bond donors (Lipinski definition) is 1. The molecule has 2 unspecified atom stereocenters. The fraction of sp³-hybridized carbons (Fsp3) is 0.750. The first kappa shape index (κ1) is 15.3. The molecular formula is C16H27N5O. The average molecular weight is 305 g/mol. The Morgan fingerprint density at radius 2 is 2.18 bits per heavy atom. The predicted molar refractivity (Wildman–Crippen MR) is 86.9 cm³/mol. The number of fused-ring (bicyclic) bond motifs is 1. The Morgan fingerprint density at radius 3 is 3.00 bits per heavy atom. The lowest BCUT2D eigenvalue weighted by atomic mass is 9.92. The molecule has 122 valence electrons. The monoisotopic (exact) mass is 305 g/mol. The van der Waals surface area contributed by atoms with E-state index in [4.69, 9.17) is 0 Å². The summed E-state index contributed by atoms with van der Waals surface area (Å²) in [5.74, 6) is 1.38. The van der Waals surface area contributed by atoms with Crippen molar-refractivity contribution in [2.75, 3.05) is 32.5 Å². The molecular weight excluding hydrogens is 278 g/mol. The molecule has 1 aliphatic heterocycles. The SMILES string of the molecule is CN(C)CCn1ccc(NC(=O)N2CCCC3CCCC32)n1. The highest BCUT2D eigenvalue weighted by atomic mass is 16.2. The second-order valence-corrected chi connectivity index (χ2v) is 6.79. The molecule has 2 fully saturated rings. The maximum absolute atomic E-state index is 12.5. The molecule has 1 aromatic heterocycles. The minimum atomic E-state index is 0.0226. The van der Waals surface area contributed by atoms with Gasteiger partial charge in [0.15, 0.2) is 5.82 Å². The van der Waals surface area contributed by atoms with Crippen molar-refractivity contribution in [1.82, 2.24) is 19.6 Å². The van der Waals surface area contributed by atoms with E-state index in [1.54, 1.807) is 0 Å². The van der Waals surface area contributed by atoms with Gasteiger partial charge in [0.25, 0.3) is 0 Å². The van der Waals surface area contributed by atoms with Gasteiger partial charge in [-0.25, -0.2) is 4.79 Å². The first-order valence-corrected chi connectivity index (χ1v) is 8.39. The third-order valence-corrected chi connectivity index (χ3v) is 4.91. The van der Waals surface area contributed by atoms with Gasteiger partial charge in [0.1, 0.15) is 0 Å². The van der Waals surface area contributed by atoms with Crippen LogP contribution in [0, 0.1) is 5.92 Å². The lowest BCUT2D eigenvalue weighted by Gasteiger charge is -2.37. The van der Waals surface area contributed by atoms with Gasteiger partial charge in [-0.2, -0.15) is 5.10 Å². The topological polar surface area (TPSA) is 53.4 Å². The number of anilines is 1. The second kappa shape index (κ2) is 6.69. The molecule has 0 bridgehead atoms. The number of aromatic nitrogens is 2. The fourth-order valence-corrected chi connectivity index (χ4v) is 3.74. The summed E-state index contributed by atoms with van der Waals surface area (Å²) in [6.45, 7) is 2.65. The number of likely N-dealkylation sites (N-methyl/N-ethyl adjacent to an activating group) is 1. The van der Waals surface area contributed by atoms with Crippen LogP contribution in [-0.4, -0.2) is 58.8 Å². The van der Waals surface area contributed by atoms with Crippen molar-refractivity contribution in [3.8, 4) is 0 Å². The number of urea groups is 1. The van der Waals surface area contributed by atoms with Crippen molar-refractivity contribution in [2.45, 2.75) is 44.7 Å². The molecule has 2 heterocycles. The number of nitrogens with one attached hydrogen (secondary N) is 1. The van der Waals surface area contributed by atoms with Crippen molar-refractivity contribution >= 4 is 11.8 Å². The Bertz CT molecular complexity index is 512. The molecule has 0 spiro atoms. The van der Waals surface area contributed by atoms with Crippen LogP contribution in [0.25, 0.3) is 0 Å². The molecule has 2 amide bonds. The molecule has 1 saturated heterocycles. The molecule has 1 aliphatic carbocycles. The van der Waals surface area contributed by atoms with Crippen molar-refractivity contribution in [3.63, 3.8) is 0 Å². The zero-order valence-electron chi connectivity index (χ0n) is 13.7. The molecule has 1 aromatic rings. The highest BCUT2D eigenvalue weighted by Crippen LogP contribution is 2.36. The van der Waals surface area contributed by atoms with Crippen LogP contribution in [0.4, 0.5) is 10.6 Å². The molecule has 6 nitrogen and oxygen atoms in total. The van der Waals surface area contributed by atoms with Gasteiger partial charge in [-0.1, -0.05) is 6.42 Å². The summed E-state index contributed by atoms with van der Waals surface area (Å²) in [6, 6.07) is 2.35. The minimum Gasteiger partial charge on any atom is -0.321 e. The number of hydrogen-bond acceptors (Lipinski definition) is 3. The first-order chi connectivity index (χ1) is 10.6. The number of rotatable bonds is 4. The Kier molecular flexibility index (Phi) is 4.66. The van der Waals surface area contributed by atoms with Crippen molar-refractivity contribution < 1.29 is 4.79 Å². The van der Waals surface area contributed by atoms with E-state index in [-0.39, 0.29) is 6.03 Å². The lowest BCUT2D eigenvalue weighted by Crippen LogP contribution is -2.48. The van der Waals surface area contributed by atoms with Crippen molar-refractivity contribution in [3.05, 3.63) is 12.3 Å². The van der Waals surface area contributed by atoms with Crippen LogP contribution in [0.3, 0.4) is 0 Å². The van der Waals surface area contributed by atoms with E-state index in [9.17, 15) is 4.79 Å². The Morgan fingerprint density at radius 1 is 1.36 bits per heavy atom. The van der Waals surface area contributed by atoms with Gasteiger partial charge in [-0.05, 0) is 45.7 Å². The molecule has 2 aliphatic rings. The first-order valence-electron chi connectivity index (χ1n) is 8.39. The maximum Gasteiger partial charge on any atom is 0.323 e. The van der Waals surface area contributed by atoms with Crippen LogP contribution in [0.5, 0.6) is 0 Å². The lowest BCUT2D eigenvalue weighted by molar-refractivity contribution is 0.138. The number of carbonyl (C=O) groups is 1. The number of carbonyl (C=O) groups excluding carboxylic acids is 1. The molecule has 3 rings (SSSR count). The van der Waals surface area contributed by atoms with Crippen LogP contribution in [0.2, 0.25) is 0 Å². The molecule has 1 N–H and O–H groups in total. The number of piperidine rings is 1. The molecule has 2 atom stereocenters. The van der Waals surface area contributed by atoms with Crippen LogP contribution in [0.1, 0.15) is 32.1 Å². The van der Waals surface area contributed by atoms with Gasteiger partial charge in [0.2, 0.25) is 0 Å². The van der Waals surface area contributed by atoms with E-state index < -0.39 is 0 Å². The van der Waals surface area contributed by atoms with Gasteiger partial charge in [-0.15, -0.1) is 0 Å². The third kappa shape index (κ3) is 3.43. The zero-order valence-corrected chi connectivity index (χ0v) is 13.7. The molecule has 0 aromatic carbocycles. The summed E-state index contributed by atoms with van der Waals surface area (Å²) >= 11 is 0. The minimum absolute atomic E-state index is 0.0226. The van der Waals surface area contributed by atoms with E-state index in [1.807, 2.05) is 35.9 Å². The van der Waals surface area contributed by atoms with Crippen LogP contribution >= 0.6 is 0 Å². The second-order valence-electron chi connectivity index (χ2n) is 6.79. The zero-order chi connectivity index (χ0) is 15.5. The summed E-state index contributed by atoms with van der Waals surface area (Å²) in [6.07, 6.45) is 8.05. The molecule has 6 heteroatoms. The van der Waals surface area contributed by atoms with E-state index in [1.165, 1.54) is 19.3 Å². The summed E-state index contributed by atoms with van der Waals surface area (Å²) in [5, 5.41) is 7.41. The van der Waals surface area contributed by atoms with Gasteiger partial charge >= 0.3 is 6.03 Å². The quantitative estimate of drug-likeness (QED) is 0.928. The maximum atomic E-state index is 12.5. The number of likely N-dealkylation sites (tertiary alicyclic amines) is 1. The van der Waals surface area contributed by atoms with E-state index >= 15 is 0 Å². The van der Waals surface area contributed by atoms with Crippen molar-refractivity contribution in [1.29, 1.82) is 0 Å². The number of amides is 2. The van der Waals surface area contributed by atoms with Crippen LogP contribution in [-0.2, 0) is 6.54 Å². The van der Waals surface area contributed by atoms with Gasteiger partial charge < -0.3 is 9.80 Å². The van der Waals surface area contributed by atoms with Crippen LogP contribution < -0.4 is 5.32 Å².